The normalized spacial score (nSPS) is 21.5. The molecule has 1 aliphatic carbocycles. The summed E-state index contributed by atoms with van der Waals surface area (Å²) in [5, 5.41) is 8.40. The molecule has 120 valence electrons. The van der Waals surface area contributed by atoms with E-state index < -0.39 is 11.8 Å². The summed E-state index contributed by atoms with van der Waals surface area (Å²) in [5.41, 5.74) is 7.42. The van der Waals surface area contributed by atoms with Gasteiger partial charge in [0.15, 0.2) is 5.82 Å². The number of hydrogen-bond donors (Lipinski definition) is 1. The van der Waals surface area contributed by atoms with Gasteiger partial charge in [0.05, 0.1) is 11.3 Å². The average molecular weight is 310 g/mol. The zero-order chi connectivity index (χ0) is 15.9. The number of aromatic nitrogens is 2. The summed E-state index contributed by atoms with van der Waals surface area (Å²) in [6.45, 7) is 2.41. The Hall–Kier alpha value is -1.79. The third kappa shape index (κ3) is 2.89. The number of carbonyl (C=O) groups excluding carboxylic acids is 1. The van der Waals surface area contributed by atoms with Gasteiger partial charge in [-0.3, -0.25) is 4.79 Å². The van der Waals surface area contributed by atoms with Crippen LogP contribution in [-0.4, -0.2) is 35.1 Å². The highest BCUT2D eigenvalue weighted by molar-refractivity contribution is 5.99. The second-order valence-corrected chi connectivity index (χ2v) is 6.24. The van der Waals surface area contributed by atoms with Crippen LogP contribution in [0.2, 0.25) is 0 Å². The summed E-state index contributed by atoms with van der Waals surface area (Å²) in [4.78, 5) is 13.6. The molecular weight excluding hydrogens is 290 g/mol. The molecule has 0 atom stereocenters. The van der Waals surface area contributed by atoms with E-state index in [9.17, 15) is 13.6 Å². The highest BCUT2D eigenvalue weighted by Gasteiger charge is 2.35. The topological polar surface area (TPSA) is 72.1 Å². The van der Waals surface area contributed by atoms with E-state index in [2.05, 4.69) is 10.2 Å². The predicted octanol–water partition coefficient (Wildman–Crippen LogP) is 2.39. The number of rotatable bonds is 3. The Morgan fingerprint density at radius 3 is 2.64 bits per heavy atom. The van der Waals surface area contributed by atoms with E-state index in [1.165, 1.54) is 0 Å². The average Bonchev–Trinajstić information content (AvgIpc) is 3.26. The summed E-state index contributed by atoms with van der Waals surface area (Å²) >= 11 is 0. The van der Waals surface area contributed by atoms with Crippen LogP contribution in [0.3, 0.4) is 0 Å². The molecule has 1 aliphatic heterocycles. The van der Waals surface area contributed by atoms with Gasteiger partial charge in [0, 0.05) is 31.8 Å². The Balaban J connectivity index is 1.96. The van der Waals surface area contributed by atoms with Crippen molar-refractivity contribution >= 4 is 11.7 Å². The Morgan fingerprint density at radius 1 is 1.27 bits per heavy atom. The molecule has 1 saturated carbocycles. The predicted molar refractivity (Wildman–Crippen MR) is 78.3 cm³/mol. The number of hydrogen-bond acceptors (Lipinski definition) is 4. The van der Waals surface area contributed by atoms with Gasteiger partial charge < -0.3 is 10.6 Å². The van der Waals surface area contributed by atoms with Crippen molar-refractivity contribution in [1.29, 1.82) is 0 Å². The second-order valence-electron chi connectivity index (χ2n) is 6.24. The van der Waals surface area contributed by atoms with Crippen molar-refractivity contribution in [2.24, 2.45) is 5.73 Å². The summed E-state index contributed by atoms with van der Waals surface area (Å²) < 4.78 is 27.0. The molecule has 22 heavy (non-hydrogen) atoms. The van der Waals surface area contributed by atoms with Crippen molar-refractivity contribution < 1.29 is 13.6 Å². The zero-order valence-electron chi connectivity index (χ0n) is 12.6. The lowest BCUT2D eigenvalue weighted by Crippen LogP contribution is -2.30. The molecule has 0 unspecified atom stereocenters. The molecule has 0 spiro atoms. The second kappa shape index (κ2) is 5.44. The first-order valence-corrected chi connectivity index (χ1v) is 7.69. The maximum Gasteiger partial charge on any atom is 0.252 e. The van der Waals surface area contributed by atoms with Crippen LogP contribution in [0.1, 0.15) is 59.6 Å². The highest BCUT2D eigenvalue weighted by Crippen LogP contribution is 2.42. The fraction of sp³-hybridized carbons (Fsp3) is 0.667. The first kappa shape index (κ1) is 15.1. The molecule has 5 nitrogen and oxygen atoms in total. The zero-order valence-corrected chi connectivity index (χ0v) is 12.6. The summed E-state index contributed by atoms with van der Waals surface area (Å²) in [6, 6.07) is 0. The number of anilines is 1. The molecule has 1 aromatic heterocycles. The molecule has 3 rings (SSSR count). The van der Waals surface area contributed by atoms with Crippen molar-refractivity contribution in [2.45, 2.75) is 50.9 Å². The van der Waals surface area contributed by atoms with Crippen molar-refractivity contribution in [3.05, 3.63) is 16.8 Å². The lowest BCUT2D eigenvalue weighted by Gasteiger charge is -2.24. The summed E-state index contributed by atoms with van der Waals surface area (Å²) in [6.07, 6.45) is 2.07. The number of nitrogens with two attached hydrogens (primary N) is 1. The Kier molecular flexibility index (Phi) is 3.74. The molecule has 2 aliphatic rings. The molecule has 2 heterocycles. The van der Waals surface area contributed by atoms with Crippen LogP contribution in [0, 0.1) is 6.92 Å². The maximum absolute atomic E-state index is 13.5. The minimum atomic E-state index is -2.65. The SMILES string of the molecule is Cc1c(C2CC2)nnc(N2CCCC(F)(F)CC2)c1C(N)=O. The van der Waals surface area contributed by atoms with Gasteiger partial charge in [0.1, 0.15) is 0 Å². The third-order valence-electron chi connectivity index (χ3n) is 4.46. The molecule has 0 radical (unpaired) electrons. The highest BCUT2D eigenvalue weighted by atomic mass is 19.3. The van der Waals surface area contributed by atoms with Crippen LogP contribution in [-0.2, 0) is 0 Å². The fourth-order valence-corrected chi connectivity index (χ4v) is 3.06. The van der Waals surface area contributed by atoms with Gasteiger partial charge in [-0.2, -0.15) is 5.10 Å². The standard InChI is InChI=1S/C15H20F2N4O/c1-9-11(13(18)22)14(20-19-12(9)10-3-4-10)21-7-2-5-15(16,17)6-8-21/h10H,2-8H2,1H3,(H2,18,22). The largest absolute Gasteiger partial charge is 0.365 e. The van der Waals surface area contributed by atoms with Gasteiger partial charge >= 0.3 is 0 Å². The van der Waals surface area contributed by atoms with Crippen molar-refractivity contribution in [1.82, 2.24) is 10.2 Å². The summed E-state index contributed by atoms with van der Waals surface area (Å²) in [5.74, 6) is -2.52. The van der Waals surface area contributed by atoms with Crippen molar-refractivity contribution in [2.75, 3.05) is 18.0 Å². The molecule has 2 N–H and O–H groups in total. The minimum absolute atomic E-state index is 0.137. The van der Waals surface area contributed by atoms with E-state index in [1.807, 2.05) is 6.92 Å². The monoisotopic (exact) mass is 310 g/mol. The Bertz CT molecular complexity index is 601. The van der Waals surface area contributed by atoms with Crippen LogP contribution in [0.4, 0.5) is 14.6 Å². The number of amides is 1. The van der Waals surface area contributed by atoms with Crippen LogP contribution in [0.25, 0.3) is 0 Å². The first-order chi connectivity index (χ1) is 10.4. The van der Waals surface area contributed by atoms with Gasteiger partial charge in [-0.05, 0) is 31.7 Å². The number of primary amides is 1. The van der Waals surface area contributed by atoms with E-state index in [0.29, 0.717) is 30.3 Å². The van der Waals surface area contributed by atoms with E-state index in [0.717, 1.165) is 24.1 Å². The Labute approximate surface area is 127 Å². The lowest BCUT2D eigenvalue weighted by molar-refractivity contribution is -0.0102. The molecule has 1 amide bonds. The molecule has 2 fully saturated rings. The maximum atomic E-state index is 13.5. The van der Waals surface area contributed by atoms with Crippen LogP contribution in [0.15, 0.2) is 0 Å². The fourth-order valence-electron chi connectivity index (χ4n) is 3.06. The van der Waals surface area contributed by atoms with Gasteiger partial charge in [-0.1, -0.05) is 0 Å². The van der Waals surface area contributed by atoms with E-state index in [-0.39, 0.29) is 19.4 Å². The van der Waals surface area contributed by atoms with Crippen LogP contribution >= 0.6 is 0 Å². The van der Waals surface area contributed by atoms with E-state index in [1.54, 1.807) is 4.90 Å². The number of carbonyl (C=O) groups is 1. The van der Waals surface area contributed by atoms with Gasteiger partial charge in [-0.25, -0.2) is 8.78 Å². The number of nitrogens with zero attached hydrogens (tertiary/aromatic N) is 3. The van der Waals surface area contributed by atoms with E-state index >= 15 is 0 Å². The molecule has 0 bridgehead atoms. The lowest BCUT2D eigenvalue weighted by atomic mass is 10.0. The molecular formula is C15H20F2N4O. The Morgan fingerprint density at radius 2 is 2.00 bits per heavy atom. The van der Waals surface area contributed by atoms with E-state index in [4.69, 9.17) is 5.73 Å². The minimum Gasteiger partial charge on any atom is -0.365 e. The molecule has 7 heteroatoms. The smallest absolute Gasteiger partial charge is 0.252 e. The van der Waals surface area contributed by atoms with Crippen molar-refractivity contribution in [3.63, 3.8) is 0 Å². The van der Waals surface area contributed by atoms with Gasteiger partial charge in [0.25, 0.3) is 5.91 Å². The molecule has 1 saturated heterocycles. The number of halogens is 2. The third-order valence-corrected chi connectivity index (χ3v) is 4.46. The van der Waals surface area contributed by atoms with Gasteiger partial charge in [-0.15, -0.1) is 5.10 Å². The van der Waals surface area contributed by atoms with Crippen LogP contribution < -0.4 is 10.6 Å². The molecule has 0 aromatic carbocycles. The first-order valence-electron chi connectivity index (χ1n) is 7.69. The number of alkyl halides is 2. The van der Waals surface area contributed by atoms with Gasteiger partial charge in [0.2, 0.25) is 5.92 Å². The quantitative estimate of drug-likeness (QED) is 0.930. The molecule has 1 aromatic rings. The van der Waals surface area contributed by atoms with Crippen molar-refractivity contribution in [3.8, 4) is 0 Å². The van der Waals surface area contributed by atoms with Crippen LogP contribution in [0.5, 0.6) is 0 Å². The summed E-state index contributed by atoms with van der Waals surface area (Å²) in [7, 11) is 0.